The Bertz CT molecular complexity index is 979. The van der Waals surface area contributed by atoms with Gasteiger partial charge in [0.05, 0.1) is 6.61 Å². The van der Waals surface area contributed by atoms with Crippen LogP contribution in [0.1, 0.15) is 354 Å². The molecule has 67 heavy (non-hydrogen) atoms. The van der Waals surface area contributed by atoms with Crippen LogP contribution in [0, 0.1) is 0 Å². The smallest absolute Gasteiger partial charge is 0.306 e. The number of aliphatic hydroxyl groups is 1. The number of carbonyl (C=O) groups is 2. The molecule has 0 aromatic heterocycles. The first-order valence-corrected chi connectivity index (χ1v) is 30.7. The first kappa shape index (κ1) is 65.6. The molecule has 0 bridgehead atoms. The van der Waals surface area contributed by atoms with Crippen molar-refractivity contribution in [3.63, 3.8) is 0 Å². The number of allylic oxidation sites excluding steroid dienone is 2. The second-order valence-corrected chi connectivity index (χ2v) is 21.1. The molecule has 0 amide bonds. The molecular weight excluding hydrogens is 825 g/mol. The van der Waals surface area contributed by atoms with Gasteiger partial charge in [-0.2, -0.15) is 0 Å². The minimum absolute atomic E-state index is 0.0572. The van der Waals surface area contributed by atoms with Crippen molar-refractivity contribution in [2.45, 2.75) is 360 Å². The van der Waals surface area contributed by atoms with Crippen molar-refractivity contribution in [2.75, 3.05) is 13.2 Å². The molecule has 0 heterocycles. The molecule has 0 aliphatic rings. The number of hydrogen-bond donors (Lipinski definition) is 1. The number of hydrogen-bond acceptors (Lipinski definition) is 5. The van der Waals surface area contributed by atoms with Gasteiger partial charge in [0.1, 0.15) is 6.61 Å². The average Bonchev–Trinajstić information content (AvgIpc) is 3.33. The summed E-state index contributed by atoms with van der Waals surface area (Å²) in [6.45, 7) is 4.18. The summed E-state index contributed by atoms with van der Waals surface area (Å²) in [5.74, 6) is -0.570. The van der Waals surface area contributed by atoms with Gasteiger partial charge in [-0.15, -0.1) is 0 Å². The van der Waals surface area contributed by atoms with Crippen molar-refractivity contribution in [1.82, 2.24) is 0 Å². The lowest BCUT2D eigenvalue weighted by Crippen LogP contribution is -2.28. The number of esters is 2. The normalized spacial score (nSPS) is 12.1. The third-order valence-electron chi connectivity index (χ3n) is 14.3. The lowest BCUT2D eigenvalue weighted by Gasteiger charge is -2.15. The summed E-state index contributed by atoms with van der Waals surface area (Å²) in [6, 6.07) is 0. The largest absolute Gasteiger partial charge is 0.462 e. The maximum Gasteiger partial charge on any atom is 0.306 e. The molecule has 0 fully saturated rings. The van der Waals surface area contributed by atoms with E-state index in [1.54, 1.807) is 0 Å². The summed E-state index contributed by atoms with van der Waals surface area (Å²) in [7, 11) is 0. The van der Waals surface area contributed by atoms with Gasteiger partial charge in [0.15, 0.2) is 6.10 Å². The Hall–Kier alpha value is -1.36. The standard InChI is InChI=1S/C62H120O5/c1-3-5-7-9-11-13-15-17-18-19-20-21-22-23-24-25-26-27-28-29-30-31-32-33-34-35-36-37-38-39-40-41-42-43-44-45-47-49-51-53-55-57-62(65)67-60(58-63)59-66-61(64)56-54-52-50-48-46-16-14-12-10-8-6-4-2/h19-20,60,63H,3-18,21-59H2,1-2H3/b20-19-. The van der Waals surface area contributed by atoms with Crippen molar-refractivity contribution in [2.24, 2.45) is 0 Å². The fourth-order valence-electron chi connectivity index (χ4n) is 9.67. The highest BCUT2D eigenvalue weighted by Gasteiger charge is 2.16. The van der Waals surface area contributed by atoms with Crippen molar-refractivity contribution in [3.8, 4) is 0 Å². The van der Waals surface area contributed by atoms with Crippen LogP contribution in [-0.2, 0) is 19.1 Å². The first-order chi connectivity index (χ1) is 33.1. The molecule has 5 nitrogen and oxygen atoms in total. The van der Waals surface area contributed by atoms with Gasteiger partial charge in [-0.05, 0) is 38.5 Å². The van der Waals surface area contributed by atoms with Crippen LogP contribution in [0.2, 0.25) is 0 Å². The van der Waals surface area contributed by atoms with Crippen molar-refractivity contribution >= 4 is 11.9 Å². The van der Waals surface area contributed by atoms with E-state index in [1.165, 1.54) is 295 Å². The van der Waals surface area contributed by atoms with Crippen LogP contribution in [0.25, 0.3) is 0 Å². The summed E-state index contributed by atoms with van der Waals surface area (Å²) in [5, 5.41) is 9.62. The Morgan fingerprint density at radius 3 is 0.806 bits per heavy atom. The summed E-state index contributed by atoms with van der Waals surface area (Å²) in [5.41, 5.74) is 0. The number of carbonyl (C=O) groups excluding carboxylic acids is 2. The number of ether oxygens (including phenoxy) is 2. The molecule has 0 spiro atoms. The van der Waals surface area contributed by atoms with Gasteiger partial charge in [0, 0.05) is 12.8 Å². The van der Waals surface area contributed by atoms with Crippen LogP contribution in [0.3, 0.4) is 0 Å². The molecule has 0 aliphatic carbocycles. The van der Waals surface area contributed by atoms with E-state index >= 15 is 0 Å². The fourth-order valence-corrected chi connectivity index (χ4v) is 9.67. The van der Waals surface area contributed by atoms with E-state index in [4.69, 9.17) is 9.47 Å². The van der Waals surface area contributed by atoms with Crippen molar-refractivity contribution in [1.29, 1.82) is 0 Å². The lowest BCUT2D eigenvalue weighted by molar-refractivity contribution is -0.161. The summed E-state index contributed by atoms with van der Waals surface area (Å²) >= 11 is 0. The molecule has 398 valence electrons. The minimum atomic E-state index is -0.764. The molecule has 1 unspecified atom stereocenters. The fraction of sp³-hybridized carbons (Fsp3) is 0.935. The molecule has 0 aromatic carbocycles. The molecule has 0 saturated heterocycles. The molecule has 1 N–H and O–H groups in total. The summed E-state index contributed by atoms with van der Waals surface area (Å²) in [6.07, 6.45) is 73.9. The highest BCUT2D eigenvalue weighted by Crippen LogP contribution is 2.18. The van der Waals surface area contributed by atoms with Crippen molar-refractivity contribution in [3.05, 3.63) is 12.2 Å². The second kappa shape index (κ2) is 59.0. The Kier molecular flexibility index (Phi) is 57.8. The lowest BCUT2D eigenvalue weighted by atomic mass is 10.0. The van der Waals surface area contributed by atoms with Crippen molar-refractivity contribution < 1.29 is 24.2 Å². The third kappa shape index (κ3) is 57.1. The monoisotopic (exact) mass is 945 g/mol. The predicted molar refractivity (Wildman–Crippen MR) is 293 cm³/mol. The molecule has 0 saturated carbocycles. The topological polar surface area (TPSA) is 72.8 Å². The zero-order chi connectivity index (χ0) is 48.5. The molecule has 0 aliphatic heterocycles. The van der Waals surface area contributed by atoms with Gasteiger partial charge < -0.3 is 14.6 Å². The molecule has 5 heteroatoms. The van der Waals surface area contributed by atoms with Gasteiger partial charge in [-0.25, -0.2) is 0 Å². The van der Waals surface area contributed by atoms with E-state index in [0.717, 1.165) is 32.1 Å². The second-order valence-electron chi connectivity index (χ2n) is 21.1. The van der Waals surface area contributed by atoms with Gasteiger partial charge in [-0.3, -0.25) is 9.59 Å². The molecule has 0 radical (unpaired) electrons. The van der Waals surface area contributed by atoms with Crippen LogP contribution >= 0.6 is 0 Å². The zero-order valence-electron chi connectivity index (χ0n) is 45.7. The van der Waals surface area contributed by atoms with Crippen LogP contribution in [0.5, 0.6) is 0 Å². The zero-order valence-corrected chi connectivity index (χ0v) is 45.7. The average molecular weight is 946 g/mol. The van der Waals surface area contributed by atoms with Gasteiger partial charge in [0.25, 0.3) is 0 Å². The molecular formula is C62H120O5. The number of unbranched alkanes of at least 4 members (excludes halogenated alkanes) is 48. The van der Waals surface area contributed by atoms with Crippen LogP contribution < -0.4 is 0 Å². The summed E-state index contributed by atoms with van der Waals surface area (Å²) < 4.78 is 10.7. The van der Waals surface area contributed by atoms with Crippen LogP contribution in [0.4, 0.5) is 0 Å². The van der Waals surface area contributed by atoms with E-state index < -0.39 is 6.10 Å². The number of aliphatic hydroxyl groups excluding tert-OH is 1. The molecule has 1 atom stereocenters. The minimum Gasteiger partial charge on any atom is -0.462 e. The van der Waals surface area contributed by atoms with E-state index in [9.17, 15) is 14.7 Å². The molecule has 0 aromatic rings. The maximum atomic E-state index is 12.3. The van der Waals surface area contributed by atoms with Gasteiger partial charge in [0.2, 0.25) is 0 Å². The SMILES string of the molecule is CCCCCCCCCC/C=C\CCCCCCCCCCCCCCCCCCCCCCCCCCCCCCCC(=O)OC(CO)COC(=O)CCCCCCCCCCCCCC. The van der Waals surface area contributed by atoms with Gasteiger partial charge in [-0.1, -0.05) is 315 Å². The summed E-state index contributed by atoms with van der Waals surface area (Å²) in [4.78, 5) is 24.4. The first-order valence-electron chi connectivity index (χ1n) is 30.7. The van der Waals surface area contributed by atoms with Crippen LogP contribution in [-0.4, -0.2) is 36.4 Å². The highest BCUT2D eigenvalue weighted by molar-refractivity contribution is 5.70. The Morgan fingerprint density at radius 1 is 0.328 bits per heavy atom. The third-order valence-corrected chi connectivity index (χ3v) is 14.3. The maximum absolute atomic E-state index is 12.3. The Labute approximate surface area is 420 Å². The highest BCUT2D eigenvalue weighted by atomic mass is 16.6. The predicted octanol–water partition coefficient (Wildman–Crippen LogP) is 20.7. The van der Waals surface area contributed by atoms with Crippen LogP contribution in [0.15, 0.2) is 12.2 Å². The Morgan fingerprint density at radius 2 is 0.552 bits per heavy atom. The van der Waals surface area contributed by atoms with E-state index in [2.05, 4.69) is 26.0 Å². The quantitative estimate of drug-likeness (QED) is 0.0374. The Balaban J connectivity index is 3.31. The van der Waals surface area contributed by atoms with E-state index in [0.29, 0.717) is 12.8 Å². The molecule has 0 rings (SSSR count). The van der Waals surface area contributed by atoms with Gasteiger partial charge >= 0.3 is 11.9 Å². The number of rotatable bonds is 58. The van der Waals surface area contributed by atoms with E-state index in [1.807, 2.05) is 0 Å². The van der Waals surface area contributed by atoms with E-state index in [-0.39, 0.29) is 25.2 Å².